The number of hydrogen-bond donors (Lipinski definition) is 1. The molecule has 3 aromatic rings. The molecule has 0 spiro atoms. The van der Waals surface area contributed by atoms with Crippen LogP contribution in [0.1, 0.15) is 16.7 Å². The Balaban J connectivity index is 1.91. The normalized spacial score (nSPS) is 15.2. The van der Waals surface area contributed by atoms with Gasteiger partial charge in [-0.25, -0.2) is 13.2 Å². The first-order valence-corrected chi connectivity index (χ1v) is 11.6. The van der Waals surface area contributed by atoms with Crippen molar-refractivity contribution >= 4 is 33.0 Å². The molecule has 0 aliphatic carbocycles. The number of sulfone groups is 1. The lowest BCUT2D eigenvalue weighted by Gasteiger charge is -2.08. The Hall–Kier alpha value is -3.84. The van der Waals surface area contributed by atoms with Gasteiger partial charge in [0.1, 0.15) is 17.3 Å². The predicted molar refractivity (Wildman–Crippen MR) is 122 cm³/mol. The minimum atomic E-state index is -3.36. The quantitative estimate of drug-likeness (QED) is 0.585. The largest absolute Gasteiger partial charge is 0.508 e. The average Bonchev–Trinajstić information content (AvgIpc) is 3.08. The zero-order valence-corrected chi connectivity index (χ0v) is 18.2. The molecule has 0 aromatic heterocycles. The monoisotopic (exact) mass is 448 g/mol. The lowest BCUT2D eigenvalue weighted by molar-refractivity contribution is -0.131. The van der Waals surface area contributed by atoms with Crippen LogP contribution in [0.15, 0.2) is 83.5 Å². The van der Waals surface area contributed by atoms with E-state index in [0.717, 1.165) is 6.26 Å². The van der Waals surface area contributed by atoms with Crippen molar-refractivity contribution in [3.63, 3.8) is 0 Å². The van der Waals surface area contributed by atoms with Crippen LogP contribution in [0.3, 0.4) is 0 Å². The molecule has 6 nitrogen and oxygen atoms in total. The molecule has 1 heterocycles. The van der Waals surface area contributed by atoms with E-state index in [9.17, 15) is 18.3 Å². The maximum atomic E-state index is 12.9. The summed E-state index contributed by atoms with van der Waals surface area (Å²) in [5.41, 5.74) is 2.79. The van der Waals surface area contributed by atoms with Crippen molar-refractivity contribution in [2.24, 2.45) is 0 Å². The number of cyclic esters (lactones) is 1. The number of phenolic OH excluding ortho intramolecular Hbond substituents is 1. The number of aromatic hydroxyl groups is 1. The van der Waals surface area contributed by atoms with Crippen LogP contribution in [0.2, 0.25) is 0 Å². The van der Waals surface area contributed by atoms with Crippen LogP contribution >= 0.6 is 0 Å². The first-order valence-electron chi connectivity index (χ1n) is 9.69. The molecular weight excluding hydrogens is 428 g/mol. The number of hydrogen-bond acceptors (Lipinski definition) is 6. The van der Waals surface area contributed by atoms with Gasteiger partial charge >= 0.3 is 5.97 Å². The molecule has 1 aliphatic heterocycles. The average molecular weight is 448 g/mol. The molecule has 0 atom stereocenters. The number of carbonyl (C=O) groups excluding carboxylic acids is 1. The maximum absolute atomic E-state index is 12.9. The lowest BCUT2D eigenvalue weighted by Crippen LogP contribution is -1.99. The second kappa shape index (κ2) is 8.36. The Kier molecular flexibility index (Phi) is 5.59. The second-order valence-corrected chi connectivity index (χ2v) is 9.28. The minimum Gasteiger partial charge on any atom is -0.508 e. The van der Waals surface area contributed by atoms with E-state index in [1.165, 1.54) is 12.1 Å². The van der Waals surface area contributed by atoms with Crippen molar-refractivity contribution < 1.29 is 27.8 Å². The van der Waals surface area contributed by atoms with Crippen LogP contribution in [0.4, 0.5) is 0 Å². The van der Waals surface area contributed by atoms with E-state index in [-0.39, 0.29) is 10.6 Å². The van der Waals surface area contributed by atoms with Gasteiger partial charge in [-0.05, 0) is 59.2 Å². The molecule has 0 unspecified atom stereocenters. The van der Waals surface area contributed by atoms with Crippen molar-refractivity contribution in [2.75, 3.05) is 13.4 Å². The van der Waals surface area contributed by atoms with E-state index < -0.39 is 15.8 Å². The first kappa shape index (κ1) is 21.4. The van der Waals surface area contributed by atoms with Gasteiger partial charge in [0.05, 0.1) is 17.6 Å². The fourth-order valence-electron chi connectivity index (χ4n) is 3.47. The molecule has 0 saturated carbocycles. The van der Waals surface area contributed by atoms with Crippen LogP contribution in [-0.2, 0) is 19.4 Å². The lowest BCUT2D eigenvalue weighted by atomic mass is 9.94. The highest BCUT2D eigenvalue weighted by Crippen LogP contribution is 2.41. The zero-order valence-electron chi connectivity index (χ0n) is 17.4. The van der Waals surface area contributed by atoms with Gasteiger partial charge in [-0.2, -0.15) is 0 Å². The van der Waals surface area contributed by atoms with Crippen molar-refractivity contribution in [3.8, 4) is 11.5 Å². The molecule has 1 N–H and O–H groups in total. The number of phenols is 1. The van der Waals surface area contributed by atoms with Gasteiger partial charge in [0, 0.05) is 11.8 Å². The molecule has 0 amide bonds. The Bertz CT molecular complexity index is 1350. The standard InChI is InChI=1S/C25H20O6S/c1-30-20-10-6-18(7-11-20)24-23(17-8-12-21(13-9-17)32(2,28)29)22(31-25(24)27)15-16-4-3-5-19(26)14-16/h3-15,26H,1-2H3/b22-15-. The van der Waals surface area contributed by atoms with Crippen LogP contribution in [-0.4, -0.2) is 32.9 Å². The van der Waals surface area contributed by atoms with Crippen molar-refractivity contribution in [1.82, 2.24) is 0 Å². The van der Waals surface area contributed by atoms with Crippen LogP contribution in [0.25, 0.3) is 17.2 Å². The number of carbonyl (C=O) groups is 1. The summed E-state index contributed by atoms with van der Waals surface area (Å²) in [5, 5.41) is 9.79. The highest BCUT2D eigenvalue weighted by molar-refractivity contribution is 7.90. The number of allylic oxidation sites excluding steroid dienone is 1. The number of benzene rings is 3. The van der Waals surface area contributed by atoms with E-state index in [4.69, 9.17) is 9.47 Å². The molecule has 0 radical (unpaired) electrons. The van der Waals surface area contributed by atoms with Crippen molar-refractivity contribution in [2.45, 2.75) is 4.90 Å². The van der Waals surface area contributed by atoms with Gasteiger partial charge in [-0.15, -0.1) is 0 Å². The summed E-state index contributed by atoms with van der Waals surface area (Å²) in [6.45, 7) is 0. The topological polar surface area (TPSA) is 89.9 Å². The number of ether oxygens (including phenoxy) is 2. The van der Waals surface area contributed by atoms with Crippen molar-refractivity contribution in [3.05, 3.63) is 95.2 Å². The van der Waals surface area contributed by atoms with Gasteiger partial charge in [-0.3, -0.25) is 0 Å². The van der Waals surface area contributed by atoms with Gasteiger partial charge in [-0.1, -0.05) is 36.4 Å². The third-order valence-corrected chi connectivity index (χ3v) is 6.15. The fraction of sp³-hybridized carbons (Fsp3) is 0.0800. The second-order valence-electron chi connectivity index (χ2n) is 7.27. The van der Waals surface area contributed by atoms with Crippen molar-refractivity contribution in [1.29, 1.82) is 0 Å². The highest BCUT2D eigenvalue weighted by atomic mass is 32.2. The molecule has 162 valence electrons. The molecule has 7 heteroatoms. The Morgan fingerprint density at radius 2 is 1.53 bits per heavy atom. The maximum Gasteiger partial charge on any atom is 0.344 e. The molecule has 3 aromatic carbocycles. The van der Waals surface area contributed by atoms with Crippen LogP contribution in [0, 0.1) is 0 Å². The summed E-state index contributed by atoms with van der Waals surface area (Å²) in [6.07, 6.45) is 2.80. The summed E-state index contributed by atoms with van der Waals surface area (Å²) < 4.78 is 34.5. The molecule has 4 rings (SSSR count). The van der Waals surface area contributed by atoms with E-state index in [0.29, 0.717) is 39.3 Å². The third kappa shape index (κ3) is 4.29. The first-order chi connectivity index (χ1) is 15.3. The molecular formula is C25H20O6S. The van der Waals surface area contributed by atoms with Crippen LogP contribution in [0.5, 0.6) is 11.5 Å². The van der Waals surface area contributed by atoms with Gasteiger partial charge in [0.2, 0.25) is 0 Å². The molecule has 0 fully saturated rings. The fourth-order valence-corrected chi connectivity index (χ4v) is 4.10. The summed E-state index contributed by atoms with van der Waals surface area (Å²) in [7, 11) is -1.81. The summed E-state index contributed by atoms with van der Waals surface area (Å²) >= 11 is 0. The Labute approximate surface area is 186 Å². The summed E-state index contributed by atoms with van der Waals surface area (Å²) in [5.74, 6) is 0.514. The number of rotatable bonds is 5. The molecule has 32 heavy (non-hydrogen) atoms. The molecule has 0 bridgehead atoms. The number of methoxy groups -OCH3 is 1. The zero-order chi connectivity index (χ0) is 22.9. The van der Waals surface area contributed by atoms with E-state index in [1.807, 2.05) is 0 Å². The SMILES string of the molecule is COc1ccc(C2=C(c3ccc(S(C)(=O)=O)cc3)/C(=C/c3cccc(O)c3)OC2=O)cc1. The number of esters is 1. The molecule has 0 saturated heterocycles. The summed E-state index contributed by atoms with van der Waals surface area (Å²) in [6, 6.07) is 19.9. The van der Waals surface area contributed by atoms with Gasteiger partial charge in [0.15, 0.2) is 9.84 Å². The third-order valence-electron chi connectivity index (χ3n) is 5.02. The Morgan fingerprint density at radius 1 is 0.906 bits per heavy atom. The van der Waals surface area contributed by atoms with E-state index in [1.54, 1.807) is 73.8 Å². The van der Waals surface area contributed by atoms with E-state index in [2.05, 4.69) is 0 Å². The van der Waals surface area contributed by atoms with Gasteiger partial charge in [0.25, 0.3) is 0 Å². The predicted octanol–water partition coefficient (Wildman–Crippen LogP) is 4.31. The minimum absolute atomic E-state index is 0.0853. The summed E-state index contributed by atoms with van der Waals surface area (Å²) in [4.78, 5) is 13.1. The van der Waals surface area contributed by atoms with E-state index >= 15 is 0 Å². The Morgan fingerprint density at radius 3 is 2.12 bits per heavy atom. The highest BCUT2D eigenvalue weighted by Gasteiger charge is 2.32. The smallest absolute Gasteiger partial charge is 0.344 e. The van der Waals surface area contributed by atoms with Crippen LogP contribution < -0.4 is 4.74 Å². The molecule has 1 aliphatic rings. The van der Waals surface area contributed by atoms with Gasteiger partial charge < -0.3 is 14.6 Å².